The topological polar surface area (TPSA) is 3.24 Å². The minimum atomic E-state index is 1.37. The third-order valence-corrected chi connectivity index (χ3v) is 12.2. The van der Waals surface area contributed by atoms with Gasteiger partial charge in [0.2, 0.25) is 0 Å². The molecular weight excluding hydrogens is 627 g/mol. The van der Waals surface area contributed by atoms with Gasteiger partial charge in [-0.25, -0.2) is 0 Å². The van der Waals surface area contributed by atoms with Crippen LogP contribution in [0.15, 0.2) is 0 Å². The Hall–Kier alpha value is -0.0400. The monoisotopic (exact) mass is 732 g/mol. The highest BCUT2D eigenvalue weighted by Crippen LogP contribution is 2.17. The van der Waals surface area contributed by atoms with Crippen molar-refractivity contribution in [1.82, 2.24) is 4.90 Å². The van der Waals surface area contributed by atoms with E-state index in [2.05, 4.69) is 25.7 Å². The molecule has 0 N–H and O–H groups in total. The van der Waals surface area contributed by atoms with Crippen LogP contribution in [0.1, 0.15) is 310 Å². The molecule has 0 amide bonds. The van der Waals surface area contributed by atoms with E-state index in [1.807, 2.05) is 0 Å². The number of hydrogen-bond donors (Lipinski definition) is 0. The molecule has 314 valence electrons. The Labute approximate surface area is 333 Å². The molecule has 0 aliphatic carbocycles. The van der Waals surface area contributed by atoms with Gasteiger partial charge in [0.15, 0.2) is 0 Å². The van der Waals surface area contributed by atoms with E-state index in [1.165, 1.54) is 309 Å². The van der Waals surface area contributed by atoms with Gasteiger partial charge in [0, 0.05) is 0 Å². The van der Waals surface area contributed by atoms with Gasteiger partial charge in [-0.1, -0.05) is 290 Å². The average molecular weight is 732 g/mol. The van der Waals surface area contributed by atoms with Crippen molar-refractivity contribution in [2.24, 2.45) is 0 Å². The minimum absolute atomic E-state index is 1.37. The van der Waals surface area contributed by atoms with Gasteiger partial charge in [-0.15, -0.1) is 0 Å². The van der Waals surface area contributed by atoms with Gasteiger partial charge in [-0.05, 0) is 38.9 Å². The van der Waals surface area contributed by atoms with Gasteiger partial charge in [0.25, 0.3) is 0 Å². The van der Waals surface area contributed by atoms with Gasteiger partial charge >= 0.3 is 0 Å². The molecule has 0 saturated heterocycles. The average Bonchev–Trinajstić information content (AvgIpc) is 3.15. The Balaban J connectivity index is 3.92. The van der Waals surface area contributed by atoms with Crippen LogP contribution in [-0.4, -0.2) is 24.5 Å². The summed E-state index contributed by atoms with van der Waals surface area (Å²) in [7, 11) is 0. The summed E-state index contributed by atoms with van der Waals surface area (Å²) in [6.45, 7) is 11.1. The Bertz CT molecular complexity index is 550. The molecule has 0 heterocycles. The zero-order chi connectivity index (χ0) is 37.5. The molecule has 0 bridgehead atoms. The van der Waals surface area contributed by atoms with Crippen LogP contribution in [-0.2, 0) is 0 Å². The molecule has 0 atom stereocenters. The third kappa shape index (κ3) is 46.1. The lowest BCUT2D eigenvalue weighted by atomic mass is 10.0. The van der Waals surface area contributed by atoms with E-state index < -0.39 is 0 Å². The molecule has 52 heavy (non-hydrogen) atoms. The van der Waals surface area contributed by atoms with E-state index in [0.717, 1.165) is 0 Å². The van der Waals surface area contributed by atoms with Crippen molar-refractivity contribution in [2.45, 2.75) is 310 Å². The molecule has 0 aromatic carbocycles. The molecule has 0 saturated carbocycles. The quantitative estimate of drug-likeness (QED) is 0.0563. The second kappa shape index (κ2) is 49.0. The highest BCUT2D eigenvalue weighted by Gasteiger charge is 2.06. The normalized spacial score (nSPS) is 11.8. The van der Waals surface area contributed by atoms with Crippen LogP contribution in [0, 0.1) is 0 Å². The lowest BCUT2D eigenvalue weighted by Gasteiger charge is -2.22. The minimum Gasteiger partial charge on any atom is -0.303 e. The highest BCUT2D eigenvalue weighted by molar-refractivity contribution is 4.61. The first-order chi connectivity index (χ1) is 25.8. The maximum Gasteiger partial charge on any atom is -0.00187 e. The predicted octanol–water partition coefficient (Wildman–Crippen LogP) is 18.9. The summed E-state index contributed by atoms with van der Waals surface area (Å²) in [5.41, 5.74) is 0. The fourth-order valence-corrected chi connectivity index (χ4v) is 8.46. The van der Waals surface area contributed by atoms with Gasteiger partial charge < -0.3 is 4.90 Å². The second-order valence-corrected chi connectivity index (χ2v) is 17.7. The first-order valence-corrected chi connectivity index (χ1v) is 25.6. The van der Waals surface area contributed by atoms with Crippen molar-refractivity contribution >= 4 is 0 Å². The van der Waals surface area contributed by atoms with E-state index in [4.69, 9.17) is 0 Å². The summed E-state index contributed by atoms with van der Waals surface area (Å²) in [4.78, 5) is 2.88. The van der Waals surface area contributed by atoms with E-state index in [9.17, 15) is 0 Å². The number of nitrogens with zero attached hydrogens (tertiary/aromatic N) is 1. The van der Waals surface area contributed by atoms with Crippen molar-refractivity contribution in [3.8, 4) is 0 Å². The van der Waals surface area contributed by atoms with Crippen LogP contribution in [0.25, 0.3) is 0 Å². The summed E-state index contributed by atoms with van der Waals surface area (Å²) in [6.07, 6.45) is 66.1. The Morgan fingerprint density at radius 3 is 0.404 bits per heavy atom. The summed E-state index contributed by atoms with van der Waals surface area (Å²) in [6, 6.07) is 0. The van der Waals surface area contributed by atoms with Gasteiger partial charge in [0.05, 0.1) is 0 Å². The summed E-state index contributed by atoms with van der Waals surface area (Å²) >= 11 is 0. The molecule has 0 spiro atoms. The Morgan fingerprint density at radius 2 is 0.269 bits per heavy atom. The molecule has 0 aliphatic heterocycles. The maximum absolute atomic E-state index is 2.88. The molecule has 1 heteroatoms. The molecule has 0 aromatic rings. The molecule has 0 radical (unpaired) electrons. The summed E-state index contributed by atoms with van der Waals surface area (Å²) in [5.74, 6) is 0. The molecule has 0 fully saturated rings. The fraction of sp³-hybridized carbons (Fsp3) is 1.00. The molecule has 0 unspecified atom stereocenters. The smallest absolute Gasteiger partial charge is 0.00187 e. The van der Waals surface area contributed by atoms with Crippen molar-refractivity contribution in [3.05, 3.63) is 0 Å². The van der Waals surface area contributed by atoms with Crippen molar-refractivity contribution in [1.29, 1.82) is 0 Å². The van der Waals surface area contributed by atoms with Gasteiger partial charge in [-0.2, -0.15) is 0 Å². The second-order valence-electron chi connectivity index (χ2n) is 17.7. The SMILES string of the molecule is CCCCCCCCCCCCCCCCCCN(CCCCCCCCCCCCCCC)CCCCCCCCCCCCCCCCCC. The standard InChI is InChI=1S/C51H105N/c1-4-7-10-13-16-19-22-25-27-29-32-35-38-41-44-47-50-52(49-46-43-40-37-34-31-24-21-18-15-12-9-6-3)51-48-45-42-39-36-33-30-28-26-23-20-17-14-11-8-5-2/h4-51H2,1-3H3. The number of unbranched alkanes of at least 4 members (excludes halogenated alkanes) is 42. The zero-order valence-electron chi connectivity index (χ0n) is 37.4. The largest absolute Gasteiger partial charge is 0.303 e. The first-order valence-electron chi connectivity index (χ1n) is 25.6. The summed E-state index contributed by atoms with van der Waals surface area (Å²) in [5, 5.41) is 0. The molecule has 0 aliphatic rings. The van der Waals surface area contributed by atoms with Crippen molar-refractivity contribution in [3.63, 3.8) is 0 Å². The predicted molar refractivity (Wildman–Crippen MR) is 241 cm³/mol. The van der Waals surface area contributed by atoms with Crippen LogP contribution >= 0.6 is 0 Å². The van der Waals surface area contributed by atoms with Gasteiger partial charge in [-0.3, -0.25) is 0 Å². The number of rotatable bonds is 48. The van der Waals surface area contributed by atoms with E-state index in [0.29, 0.717) is 0 Å². The Kier molecular flexibility index (Phi) is 48.9. The third-order valence-electron chi connectivity index (χ3n) is 12.2. The van der Waals surface area contributed by atoms with Crippen LogP contribution in [0.4, 0.5) is 0 Å². The fourth-order valence-electron chi connectivity index (χ4n) is 8.46. The number of hydrogen-bond acceptors (Lipinski definition) is 1. The molecule has 0 rings (SSSR count). The lowest BCUT2D eigenvalue weighted by Crippen LogP contribution is -2.27. The zero-order valence-corrected chi connectivity index (χ0v) is 37.4. The molecule has 1 nitrogen and oxygen atoms in total. The molecular formula is C51H105N. The highest BCUT2D eigenvalue weighted by atomic mass is 15.1. The summed E-state index contributed by atoms with van der Waals surface area (Å²) < 4.78 is 0. The van der Waals surface area contributed by atoms with Crippen LogP contribution < -0.4 is 0 Å². The van der Waals surface area contributed by atoms with E-state index in [1.54, 1.807) is 0 Å². The van der Waals surface area contributed by atoms with E-state index >= 15 is 0 Å². The van der Waals surface area contributed by atoms with E-state index in [-0.39, 0.29) is 0 Å². The van der Waals surface area contributed by atoms with Gasteiger partial charge in [0.1, 0.15) is 0 Å². The maximum atomic E-state index is 2.88. The van der Waals surface area contributed by atoms with Crippen LogP contribution in [0.3, 0.4) is 0 Å². The van der Waals surface area contributed by atoms with Crippen molar-refractivity contribution < 1.29 is 0 Å². The lowest BCUT2D eigenvalue weighted by molar-refractivity contribution is 0.254. The van der Waals surface area contributed by atoms with Crippen LogP contribution in [0.2, 0.25) is 0 Å². The van der Waals surface area contributed by atoms with Crippen LogP contribution in [0.5, 0.6) is 0 Å². The Morgan fingerprint density at radius 1 is 0.154 bits per heavy atom. The van der Waals surface area contributed by atoms with Crippen molar-refractivity contribution in [2.75, 3.05) is 19.6 Å². The first kappa shape index (κ1) is 52.0. The molecule has 0 aromatic heterocycles.